The maximum atomic E-state index is 14.3. The van der Waals surface area contributed by atoms with Crippen molar-refractivity contribution in [3.05, 3.63) is 76.4 Å². The molecule has 1 amide bonds. The molecular formula is C19H14FN3OS. The summed E-state index contributed by atoms with van der Waals surface area (Å²) in [5.74, 6) is -0.160. The van der Waals surface area contributed by atoms with E-state index >= 15 is 0 Å². The molecule has 0 radical (unpaired) electrons. The van der Waals surface area contributed by atoms with Gasteiger partial charge in [-0.25, -0.2) is 9.37 Å². The van der Waals surface area contributed by atoms with Crippen molar-refractivity contribution in [3.8, 4) is 11.3 Å². The first-order valence-electron chi connectivity index (χ1n) is 7.72. The highest BCUT2D eigenvalue weighted by molar-refractivity contribution is 7.12. The third-order valence-corrected chi connectivity index (χ3v) is 4.74. The number of amides is 1. The first-order valence-corrected chi connectivity index (χ1v) is 8.60. The molecule has 4 nitrogen and oxygen atoms in total. The largest absolute Gasteiger partial charge is 0.305 e. The first kappa shape index (κ1) is 15.5. The Hall–Kier alpha value is -2.99. The van der Waals surface area contributed by atoms with Crippen LogP contribution in [0.2, 0.25) is 0 Å². The highest BCUT2D eigenvalue weighted by atomic mass is 32.1. The van der Waals surface area contributed by atoms with Crippen molar-refractivity contribution >= 4 is 28.7 Å². The van der Waals surface area contributed by atoms with Gasteiger partial charge in [-0.3, -0.25) is 9.20 Å². The predicted octanol–water partition coefficient (Wildman–Crippen LogP) is 4.76. The lowest BCUT2D eigenvalue weighted by molar-refractivity contribution is 0.103. The van der Waals surface area contributed by atoms with E-state index in [1.165, 1.54) is 17.4 Å². The molecular weight excluding hydrogens is 337 g/mol. The molecule has 4 aromatic rings. The number of hydrogen-bond donors (Lipinski definition) is 1. The van der Waals surface area contributed by atoms with E-state index in [0.717, 1.165) is 5.56 Å². The third-order valence-electron chi connectivity index (χ3n) is 3.87. The van der Waals surface area contributed by atoms with Crippen LogP contribution in [0.4, 0.5) is 10.2 Å². The zero-order valence-electron chi connectivity index (χ0n) is 13.4. The molecule has 0 spiro atoms. The summed E-state index contributed by atoms with van der Waals surface area (Å²) in [4.78, 5) is 17.7. The zero-order valence-corrected chi connectivity index (χ0v) is 14.2. The molecule has 124 valence electrons. The topological polar surface area (TPSA) is 46.4 Å². The van der Waals surface area contributed by atoms with E-state index in [2.05, 4.69) is 10.3 Å². The number of imidazole rings is 1. The van der Waals surface area contributed by atoms with Crippen LogP contribution in [0.15, 0.2) is 60.1 Å². The Morgan fingerprint density at radius 3 is 2.76 bits per heavy atom. The van der Waals surface area contributed by atoms with Crippen molar-refractivity contribution in [2.45, 2.75) is 6.92 Å². The van der Waals surface area contributed by atoms with Gasteiger partial charge in [0.2, 0.25) is 0 Å². The fraction of sp³-hybridized carbons (Fsp3) is 0.0526. The van der Waals surface area contributed by atoms with Crippen LogP contribution in [0.5, 0.6) is 0 Å². The van der Waals surface area contributed by atoms with Gasteiger partial charge in [0.15, 0.2) is 0 Å². The van der Waals surface area contributed by atoms with Gasteiger partial charge in [0.1, 0.15) is 23.0 Å². The van der Waals surface area contributed by atoms with Gasteiger partial charge in [-0.05, 0) is 42.1 Å². The minimum atomic E-state index is -0.380. The number of thiophene rings is 1. The number of aryl methyl sites for hydroxylation is 1. The summed E-state index contributed by atoms with van der Waals surface area (Å²) < 4.78 is 16.1. The standard InChI is InChI=1S/C19H14FN3OS/c1-12-8-9-16-21-17(13-5-2-3-6-14(13)20)18(23(16)11-12)22-19(24)15-7-4-10-25-15/h2-11H,1H3,(H,22,24). The van der Waals surface area contributed by atoms with Gasteiger partial charge >= 0.3 is 0 Å². The van der Waals surface area contributed by atoms with E-state index in [9.17, 15) is 9.18 Å². The van der Waals surface area contributed by atoms with Gasteiger partial charge in [-0.15, -0.1) is 11.3 Å². The Balaban J connectivity index is 1.90. The van der Waals surface area contributed by atoms with E-state index in [4.69, 9.17) is 0 Å². The molecule has 0 fully saturated rings. The SMILES string of the molecule is Cc1ccc2nc(-c3ccccc3F)c(NC(=O)c3cccs3)n2c1. The van der Waals surface area contributed by atoms with Crippen molar-refractivity contribution in [3.63, 3.8) is 0 Å². The van der Waals surface area contributed by atoms with E-state index in [-0.39, 0.29) is 11.7 Å². The highest BCUT2D eigenvalue weighted by Crippen LogP contribution is 2.31. The Bertz CT molecular complexity index is 1070. The Morgan fingerprint density at radius 2 is 2.00 bits per heavy atom. The highest BCUT2D eigenvalue weighted by Gasteiger charge is 2.19. The second-order valence-electron chi connectivity index (χ2n) is 5.65. The molecule has 0 aliphatic carbocycles. The van der Waals surface area contributed by atoms with E-state index < -0.39 is 0 Å². The van der Waals surface area contributed by atoms with Crippen LogP contribution < -0.4 is 5.32 Å². The molecule has 0 saturated carbocycles. The fourth-order valence-electron chi connectivity index (χ4n) is 2.69. The number of nitrogens with zero attached hydrogens (tertiary/aromatic N) is 2. The fourth-order valence-corrected chi connectivity index (χ4v) is 3.31. The monoisotopic (exact) mass is 351 g/mol. The zero-order chi connectivity index (χ0) is 17.4. The molecule has 3 heterocycles. The molecule has 3 aromatic heterocycles. The molecule has 4 rings (SSSR count). The minimum absolute atomic E-state index is 0.240. The smallest absolute Gasteiger partial charge is 0.266 e. The Labute approximate surface area is 147 Å². The molecule has 0 unspecified atom stereocenters. The second kappa shape index (κ2) is 6.14. The van der Waals surface area contributed by atoms with Crippen molar-refractivity contribution in [2.24, 2.45) is 0 Å². The molecule has 0 atom stereocenters. The van der Waals surface area contributed by atoms with E-state index in [0.29, 0.717) is 27.6 Å². The molecule has 1 aromatic carbocycles. The normalized spacial score (nSPS) is 11.0. The summed E-state index contributed by atoms with van der Waals surface area (Å²) in [6.07, 6.45) is 1.87. The first-order chi connectivity index (χ1) is 12.1. The molecule has 25 heavy (non-hydrogen) atoms. The molecule has 1 N–H and O–H groups in total. The quantitative estimate of drug-likeness (QED) is 0.578. The van der Waals surface area contributed by atoms with Gasteiger partial charge in [0.05, 0.1) is 4.88 Å². The van der Waals surface area contributed by atoms with Crippen LogP contribution in [0, 0.1) is 12.7 Å². The van der Waals surface area contributed by atoms with Crippen LogP contribution in [0.3, 0.4) is 0 Å². The number of aromatic nitrogens is 2. The molecule has 0 aliphatic rings. The number of hydrogen-bond acceptors (Lipinski definition) is 3. The number of anilines is 1. The minimum Gasteiger partial charge on any atom is -0.305 e. The van der Waals surface area contributed by atoms with E-state index in [1.807, 2.05) is 36.7 Å². The van der Waals surface area contributed by atoms with Gasteiger partial charge in [0, 0.05) is 11.8 Å². The van der Waals surface area contributed by atoms with Crippen molar-refractivity contribution in [1.29, 1.82) is 0 Å². The van der Waals surface area contributed by atoms with Crippen molar-refractivity contribution < 1.29 is 9.18 Å². The van der Waals surface area contributed by atoms with Crippen molar-refractivity contribution in [2.75, 3.05) is 5.32 Å². The molecule has 6 heteroatoms. The maximum absolute atomic E-state index is 14.3. The van der Waals surface area contributed by atoms with Crippen molar-refractivity contribution in [1.82, 2.24) is 9.38 Å². The average Bonchev–Trinajstić information content (AvgIpc) is 3.24. The summed E-state index contributed by atoms with van der Waals surface area (Å²) >= 11 is 1.35. The lowest BCUT2D eigenvalue weighted by atomic mass is 10.1. The summed E-state index contributed by atoms with van der Waals surface area (Å²) in [6.45, 7) is 1.95. The molecule has 0 aliphatic heterocycles. The van der Waals surface area contributed by atoms with Crippen LogP contribution in [0.1, 0.15) is 15.2 Å². The lowest BCUT2D eigenvalue weighted by Crippen LogP contribution is -2.12. The Kier molecular flexibility index (Phi) is 3.82. The van der Waals surface area contributed by atoms with Gasteiger partial charge in [0.25, 0.3) is 5.91 Å². The third kappa shape index (κ3) is 2.81. The number of nitrogens with one attached hydrogen (secondary N) is 1. The summed E-state index contributed by atoms with van der Waals surface area (Å²) in [5, 5.41) is 4.73. The Morgan fingerprint density at radius 1 is 1.16 bits per heavy atom. The van der Waals surface area contributed by atoms with Crippen LogP contribution in [-0.4, -0.2) is 15.3 Å². The number of carbonyl (C=O) groups excluding carboxylic acids is 1. The van der Waals surface area contributed by atoms with E-state index in [1.54, 1.807) is 28.7 Å². The number of halogens is 1. The summed E-state index contributed by atoms with van der Waals surface area (Å²) in [6, 6.07) is 13.8. The average molecular weight is 351 g/mol. The predicted molar refractivity (Wildman–Crippen MR) is 97.6 cm³/mol. The summed E-state index contributed by atoms with van der Waals surface area (Å²) in [5.41, 5.74) is 2.42. The van der Waals surface area contributed by atoms with Gasteiger partial charge in [-0.2, -0.15) is 0 Å². The van der Waals surface area contributed by atoms with Gasteiger partial charge < -0.3 is 5.32 Å². The molecule has 0 bridgehead atoms. The maximum Gasteiger partial charge on any atom is 0.266 e. The number of pyridine rings is 1. The lowest BCUT2D eigenvalue weighted by Gasteiger charge is -2.08. The number of carbonyl (C=O) groups is 1. The van der Waals surface area contributed by atoms with Crippen LogP contribution >= 0.6 is 11.3 Å². The summed E-state index contributed by atoms with van der Waals surface area (Å²) in [7, 11) is 0. The number of fused-ring (bicyclic) bond motifs is 1. The number of rotatable bonds is 3. The van der Waals surface area contributed by atoms with Crippen LogP contribution in [0.25, 0.3) is 16.9 Å². The number of benzene rings is 1. The molecule has 0 saturated heterocycles. The second-order valence-corrected chi connectivity index (χ2v) is 6.60. The van der Waals surface area contributed by atoms with Crippen LogP contribution in [-0.2, 0) is 0 Å². The van der Waals surface area contributed by atoms with Gasteiger partial charge in [-0.1, -0.05) is 24.3 Å².